The van der Waals surface area contributed by atoms with E-state index in [9.17, 15) is 4.39 Å². The SMILES string of the molecule is CC1(c2nc(Cl)c3cnc(NC4CCOCC4F)nn23)CCCC1. The summed E-state index contributed by atoms with van der Waals surface area (Å²) in [6.07, 6.45) is 5.70. The van der Waals surface area contributed by atoms with E-state index in [1.54, 1.807) is 10.7 Å². The second-order valence-corrected chi connectivity index (χ2v) is 7.36. The van der Waals surface area contributed by atoms with Gasteiger partial charge in [-0.25, -0.2) is 18.9 Å². The first-order valence-corrected chi connectivity index (χ1v) is 8.85. The van der Waals surface area contributed by atoms with Gasteiger partial charge in [-0.1, -0.05) is 31.4 Å². The Bertz CT molecular complexity index is 745. The standard InChI is InChI=1S/C16H21ClFN5O/c1-16(5-2-3-6-16)14-21-13(17)12-8-19-15(22-23(12)14)20-11-4-7-24-9-10(11)18/h8,10-11H,2-7,9H2,1H3,(H,20,22). The van der Waals surface area contributed by atoms with Gasteiger partial charge in [-0.2, -0.15) is 0 Å². The molecule has 0 bridgehead atoms. The molecule has 2 aliphatic rings. The van der Waals surface area contributed by atoms with Crippen LogP contribution in [0.25, 0.3) is 5.52 Å². The number of rotatable bonds is 3. The van der Waals surface area contributed by atoms with Gasteiger partial charge in [0.2, 0.25) is 5.95 Å². The molecule has 0 spiro atoms. The molecule has 0 amide bonds. The molecule has 8 heteroatoms. The van der Waals surface area contributed by atoms with E-state index in [2.05, 4.69) is 27.3 Å². The summed E-state index contributed by atoms with van der Waals surface area (Å²) in [6.45, 7) is 2.86. The van der Waals surface area contributed by atoms with Gasteiger partial charge < -0.3 is 10.1 Å². The zero-order chi connectivity index (χ0) is 16.7. The summed E-state index contributed by atoms with van der Waals surface area (Å²) in [5.41, 5.74) is 0.664. The largest absolute Gasteiger partial charge is 0.378 e. The van der Waals surface area contributed by atoms with Gasteiger partial charge in [-0.05, 0) is 19.3 Å². The number of aromatic nitrogens is 4. The van der Waals surface area contributed by atoms with Crippen LogP contribution < -0.4 is 5.32 Å². The molecule has 1 saturated carbocycles. The van der Waals surface area contributed by atoms with Crippen LogP contribution in [0.5, 0.6) is 0 Å². The van der Waals surface area contributed by atoms with Crippen molar-refractivity contribution in [2.45, 2.75) is 56.7 Å². The van der Waals surface area contributed by atoms with Crippen molar-refractivity contribution in [3.8, 4) is 0 Å². The molecule has 0 aromatic carbocycles. The molecule has 2 unspecified atom stereocenters. The molecule has 6 nitrogen and oxygen atoms in total. The zero-order valence-corrected chi connectivity index (χ0v) is 14.4. The molecule has 4 rings (SSSR count). The predicted molar refractivity (Wildman–Crippen MR) is 89.4 cm³/mol. The fourth-order valence-corrected chi connectivity index (χ4v) is 3.93. The number of hydrogen-bond donors (Lipinski definition) is 1. The molecule has 0 radical (unpaired) electrons. The van der Waals surface area contributed by atoms with Gasteiger partial charge in [-0.3, -0.25) is 0 Å². The third-order valence-corrected chi connectivity index (χ3v) is 5.47. The van der Waals surface area contributed by atoms with E-state index < -0.39 is 6.17 Å². The third-order valence-electron chi connectivity index (χ3n) is 5.20. The van der Waals surface area contributed by atoms with Crippen molar-refractivity contribution >= 4 is 23.1 Å². The van der Waals surface area contributed by atoms with Gasteiger partial charge in [0.05, 0.1) is 18.8 Å². The average Bonchev–Trinajstić information content (AvgIpc) is 3.15. The Kier molecular flexibility index (Phi) is 4.08. The summed E-state index contributed by atoms with van der Waals surface area (Å²) in [4.78, 5) is 8.83. The molecular formula is C16H21ClFN5O. The number of alkyl halides is 1. The van der Waals surface area contributed by atoms with Gasteiger partial charge in [-0.15, -0.1) is 5.10 Å². The summed E-state index contributed by atoms with van der Waals surface area (Å²) in [6, 6.07) is -0.333. The highest BCUT2D eigenvalue weighted by Crippen LogP contribution is 2.40. The molecule has 1 aliphatic heterocycles. The van der Waals surface area contributed by atoms with Crippen LogP contribution in [-0.2, 0) is 10.2 Å². The van der Waals surface area contributed by atoms with Crippen LogP contribution in [-0.4, -0.2) is 45.0 Å². The molecule has 2 fully saturated rings. The topological polar surface area (TPSA) is 64.3 Å². The lowest BCUT2D eigenvalue weighted by molar-refractivity contribution is 0.0284. The molecule has 24 heavy (non-hydrogen) atoms. The Labute approximate surface area is 144 Å². The number of hydrogen-bond acceptors (Lipinski definition) is 5. The second-order valence-electron chi connectivity index (χ2n) is 7.00. The summed E-state index contributed by atoms with van der Waals surface area (Å²) < 4.78 is 20.9. The number of imidazole rings is 1. The first-order chi connectivity index (χ1) is 11.6. The smallest absolute Gasteiger partial charge is 0.241 e. The first-order valence-electron chi connectivity index (χ1n) is 8.47. The maximum atomic E-state index is 14.0. The van der Waals surface area contributed by atoms with Crippen LogP contribution in [0.2, 0.25) is 5.15 Å². The molecule has 1 N–H and O–H groups in total. The minimum atomic E-state index is -1.06. The normalized spacial score (nSPS) is 26.8. The fourth-order valence-electron chi connectivity index (χ4n) is 3.72. The van der Waals surface area contributed by atoms with Crippen molar-refractivity contribution in [1.82, 2.24) is 19.6 Å². The van der Waals surface area contributed by atoms with E-state index in [0.29, 0.717) is 29.6 Å². The van der Waals surface area contributed by atoms with E-state index in [1.165, 1.54) is 12.8 Å². The predicted octanol–water partition coefficient (Wildman–Crippen LogP) is 3.15. The minimum Gasteiger partial charge on any atom is -0.378 e. The lowest BCUT2D eigenvalue weighted by Gasteiger charge is -2.27. The zero-order valence-electron chi connectivity index (χ0n) is 13.6. The van der Waals surface area contributed by atoms with Crippen LogP contribution in [0.1, 0.15) is 44.9 Å². The molecule has 2 aromatic rings. The first kappa shape index (κ1) is 16.0. The van der Waals surface area contributed by atoms with Crippen LogP contribution in [0.4, 0.5) is 10.3 Å². The number of nitrogens with one attached hydrogen (secondary N) is 1. The Morgan fingerprint density at radius 2 is 2.21 bits per heavy atom. The van der Waals surface area contributed by atoms with Gasteiger partial charge in [0.25, 0.3) is 0 Å². The molecule has 2 aromatic heterocycles. The Morgan fingerprint density at radius 1 is 1.42 bits per heavy atom. The minimum absolute atomic E-state index is 0.0248. The number of halogens is 2. The Morgan fingerprint density at radius 3 is 2.96 bits per heavy atom. The van der Waals surface area contributed by atoms with Crippen molar-refractivity contribution in [2.75, 3.05) is 18.5 Å². The molecule has 2 atom stereocenters. The highest BCUT2D eigenvalue weighted by Gasteiger charge is 2.36. The third kappa shape index (κ3) is 2.73. The van der Waals surface area contributed by atoms with Crippen LogP contribution in [0.15, 0.2) is 6.20 Å². The monoisotopic (exact) mass is 353 g/mol. The number of anilines is 1. The van der Waals surface area contributed by atoms with Gasteiger partial charge in [0.15, 0.2) is 5.15 Å². The number of ether oxygens (including phenoxy) is 1. The average molecular weight is 354 g/mol. The van der Waals surface area contributed by atoms with E-state index in [-0.39, 0.29) is 18.1 Å². The van der Waals surface area contributed by atoms with Crippen molar-refractivity contribution in [3.05, 3.63) is 17.2 Å². The van der Waals surface area contributed by atoms with E-state index >= 15 is 0 Å². The molecule has 1 saturated heterocycles. The van der Waals surface area contributed by atoms with E-state index in [4.69, 9.17) is 16.3 Å². The highest BCUT2D eigenvalue weighted by atomic mass is 35.5. The van der Waals surface area contributed by atoms with Crippen molar-refractivity contribution < 1.29 is 9.13 Å². The number of fused-ring (bicyclic) bond motifs is 1. The number of nitrogens with zero attached hydrogens (tertiary/aromatic N) is 4. The highest BCUT2D eigenvalue weighted by molar-refractivity contribution is 6.32. The summed E-state index contributed by atoms with van der Waals surface area (Å²) >= 11 is 6.28. The molecule has 130 valence electrons. The molecule has 3 heterocycles. The lowest BCUT2D eigenvalue weighted by Crippen LogP contribution is -2.39. The van der Waals surface area contributed by atoms with Gasteiger partial charge in [0, 0.05) is 12.0 Å². The van der Waals surface area contributed by atoms with Crippen molar-refractivity contribution in [3.63, 3.8) is 0 Å². The van der Waals surface area contributed by atoms with Gasteiger partial charge in [0.1, 0.15) is 17.5 Å². The summed E-state index contributed by atoms with van der Waals surface area (Å²) in [5.74, 6) is 1.27. The van der Waals surface area contributed by atoms with Crippen LogP contribution >= 0.6 is 11.6 Å². The molecule has 1 aliphatic carbocycles. The van der Waals surface area contributed by atoms with E-state index in [0.717, 1.165) is 18.7 Å². The lowest BCUT2D eigenvalue weighted by atomic mass is 9.88. The quantitative estimate of drug-likeness (QED) is 0.918. The Hall–Kier alpha value is -1.47. The summed E-state index contributed by atoms with van der Waals surface area (Å²) in [5, 5.41) is 8.06. The van der Waals surface area contributed by atoms with Crippen molar-refractivity contribution in [1.29, 1.82) is 0 Å². The Balaban J connectivity index is 1.69. The van der Waals surface area contributed by atoms with Crippen LogP contribution in [0.3, 0.4) is 0 Å². The van der Waals surface area contributed by atoms with E-state index in [1.807, 2.05) is 0 Å². The van der Waals surface area contributed by atoms with Crippen molar-refractivity contribution in [2.24, 2.45) is 0 Å². The maximum absolute atomic E-state index is 14.0. The fraction of sp³-hybridized carbons (Fsp3) is 0.688. The maximum Gasteiger partial charge on any atom is 0.241 e. The second kappa shape index (κ2) is 6.11. The summed E-state index contributed by atoms with van der Waals surface area (Å²) in [7, 11) is 0. The molecular weight excluding hydrogens is 333 g/mol. The van der Waals surface area contributed by atoms with Gasteiger partial charge >= 0.3 is 0 Å². The van der Waals surface area contributed by atoms with Crippen LogP contribution in [0, 0.1) is 0 Å².